The van der Waals surface area contributed by atoms with Crippen molar-refractivity contribution in [2.24, 2.45) is 5.92 Å². The average Bonchev–Trinajstić information content (AvgIpc) is 3.01. The van der Waals surface area contributed by atoms with Crippen LogP contribution in [0.15, 0.2) is 18.3 Å². The van der Waals surface area contributed by atoms with Crippen molar-refractivity contribution in [1.82, 2.24) is 15.0 Å². The largest absolute Gasteiger partial charge is 0.474 e. The van der Waals surface area contributed by atoms with Gasteiger partial charge in [-0.2, -0.15) is 9.97 Å². The van der Waals surface area contributed by atoms with Gasteiger partial charge in [0.2, 0.25) is 11.8 Å². The zero-order chi connectivity index (χ0) is 21.0. The zero-order valence-electron chi connectivity index (χ0n) is 16.3. The number of hydrogen-bond donors (Lipinski definition) is 4. The summed E-state index contributed by atoms with van der Waals surface area (Å²) in [6, 6.07) is 3.27. The van der Waals surface area contributed by atoms with Crippen LogP contribution in [0.25, 0.3) is 0 Å². The van der Waals surface area contributed by atoms with Crippen LogP contribution in [0.2, 0.25) is 5.15 Å². The molecule has 1 unspecified atom stereocenters. The van der Waals surface area contributed by atoms with Gasteiger partial charge in [0.25, 0.3) is 0 Å². The first-order valence-corrected chi connectivity index (χ1v) is 9.77. The van der Waals surface area contributed by atoms with Crippen LogP contribution in [-0.4, -0.2) is 50.0 Å². The average molecular weight is 418 g/mol. The summed E-state index contributed by atoms with van der Waals surface area (Å²) in [7, 11) is 0. The molecule has 5 N–H and O–H groups in total. The van der Waals surface area contributed by atoms with Crippen molar-refractivity contribution in [2.45, 2.75) is 44.9 Å². The van der Waals surface area contributed by atoms with Crippen molar-refractivity contribution in [3.05, 3.63) is 34.6 Å². The van der Waals surface area contributed by atoms with Crippen molar-refractivity contribution in [3.63, 3.8) is 0 Å². The van der Waals surface area contributed by atoms with Gasteiger partial charge in [0.15, 0.2) is 5.15 Å². The predicted octanol–water partition coefficient (Wildman–Crippen LogP) is 1.84. The molecule has 9 heteroatoms. The number of aromatic nitrogens is 3. The lowest BCUT2D eigenvalue weighted by molar-refractivity contribution is 0.157. The van der Waals surface area contributed by atoms with Crippen LogP contribution in [0.4, 0.5) is 11.8 Å². The fraction of sp³-hybridized carbons (Fsp3) is 0.450. The first kappa shape index (κ1) is 21.1. The second-order valence-corrected chi connectivity index (χ2v) is 7.57. The zero-order valence-corrected chi connectivity index (χ0v) is 17.0. The van der Waals surface area contributed by atoms with Crippen molar-refractivity contribution < 1.29 is 14.9 Å². The van der Waals surface area contributed by atoms with Crippen LogP contribution in [0.5, 0.6) is 5.88 Å². The SMILES string of the molecule is CC(C)Oc1ncccc1C#Cc1c(Cl)nc(N)nc1NC1C[C@H](CO)C[C@H]1O. The highest BCUT2D eigenvalue weighted by molar-refractivity contribution is 6.31. The highest BCUT2D eigenvalue weighted by atomic mass is 35.5. The maximum Gasteiger partial charge on any atom is 0.229 e. The number of hydrogen-bond acceptors (Lipinski definition) is 8. The smallest absolute Gasteiger partial charge is 0.229 e. The Morgan fingerprint density at radius 3 is 2.83 bits per heavy atom. The molecule has 1 saturated carbocycles. The van der Waals surface area contributed by atoms with Crippen LogP contribution in [0, 0.1) is 17.8 Å². The number of aliphatic hydroxyl groups excluding tert-OH is 2. The minimum Gasteiger partial charge on any atom is -0.474 e. The molecule has 1 fully saturated rings. The Morgan fingerprint density at radius 1 is 1.34 bits per heavy atom. The van der Waals surface area contributed by atoms with Gasteiger partial charge in [-0.05, 0) is 44.7 Å². The first-order chi connectivity index (χ1) is 13.9. The molecular formula is C20H24ClN5O3. The molecule has 0 amide bonds. The highest BCUT2D eigenvalue weighted by Gasteiger charge is 2.33. The summed E-state index contributed by atoms with van der Waals surface area (Å²) >= 11 is 6.28. The van der Waals surface area contributed by atoms with Gasteiger partial charge >= 0.3 is 0 Å². The summed E-state index contributed by atoms with van der Waals surface area (Å²) in [4.78, 5) is 12.4. The van der Waals surface area contributed by atoms with Crippen molar-refractivity contribution in [3.8, 4) is 17.7 Å². The van der Waals surface area contributed by atoms with Crippen LogP contribution >= 0.6 is 11.6 Å². The minimum atomic E-state index is -0.618. The summed E-state index contributed by atoms with van der Waals surface area (Å²) in [6.07, 6.45) is 2.08. The second kappa shape index (κ2) is 9.27. The van der Waals surface area contributed by atoms with Gasteiger partial charge in [-0.3, -0.25) is 0 Å². The minimum absolute atomic E-state index is 0.000507. The van der Waals surface area contributed by atoms with E-state index in [0.717, 1.165) is 0 Å². The number of nitrogens with one attached hydrogen (secondary N) is 1. The summed E-state index contributed by atoms with van der Waals surface area (Å²) in [6.45, 7) is 3.84. The number of anilines is 2. The molecule has 154 valence electrons. The maximum absolute atomic E-state index is 10.3. The Balaban J connectivity index is 1.93. The van der Waals surface area contributed by atoms with Gasteiger partial charge < -0.3 is 26.0 Å². The summed E-state index contributed by atoms with van der Waals surface area (Å²) in [5, 5.41) is 22.9. The van der Waals surface area contributed by atoms with E-state index < -0.39 is 6.10 Å². The normalized spacial score (nSPS) is 21.0. The molecule has 0 aromatic carbocycles. The van der Waals surface area contributed by atoms with Gasteiger partial charge in [-0.15, -0.1) is 0 Å². The molecule has 0 radical (unpaired) electrons. The standard InChI is InChI=1S/C20H24ClN5O3/c1-11(2)29-19-13(4-3-7-23-19)5-6-14-17(21)25-20(22)26-18(14)24-15-8-12(10-27)9-16(15)28/h3-4,7,11-12,15-16,27-28H,8-10H2,1-2H3,(H3,22,24,25,26)/t12-,15?,16+/m0/s1. The van der Waals surface area contributed by atoms with Gasteiger partial charge in [0.1, 0.15) is 11.4 Å². The van der Waals surface area contributed by atoms with E-state index in [9.17, 15) is 10.2 Å². The number of pyridine rings is 1. The molecule has 0 aliphatic heterocycles. The van der Waals surface area contributed by atoms with Crippen molar-refractivity contribution in [2.75, 3.05) is 17.7 Å². The number of nitrogens with zero attached hydrogens (tertiary/aromatic N) is 3. The molecule has 8 nitrogen and oxygen atoms in total. The van der Waals surface area contributed by atoms with Gasteiger partial charge in [0.05, 0.1) is 23.8 Å². The molecule has 29 heavy (non-hydrogen) atoms. The maximum atomic E-state index is 10.3. The molecule has 1 aliphatic carbocycles. The van der Waals surface area contributed by atoms with E-state index >= 15 is 0 Å². The fourth-order valence-corrected chi connectivity index (χ4v) is 3.42. The predicted molar refractivity (Wildman–Crippen MR) is 111 cm³/mol. The lowest BCUT2D eigenvalue weighted by atomic mass is 10.1. The number of nitrogens with two attached hydrogens (primary N) is 1. The lowest BCUT2D eigenvalue weighted by Gasteiger charge is -2.18. The summed E-state index contributed by atoms with van der Waals surface area (Å²) in [5.74, 6) is 6.77. The highest BCUT2D eigenvalue weighted by Crippen LogP contribution is 2.30. The molecule has 0 bridgehead atoms. The Hall–Kier alpha value is -2.60. The Morgan fingerprint density at radius 2 is 2.14 bits per heavy atom. The second-order valence-electron chi connectivity index (χ2n) is 7.21. The number of rotatable bonds is 5. The first-order valence-electron chi connectivity index (χ1n) is 9.39. The molecule has 2 heterocycles. The summed E-state index contributed by atoms with van der Waals surface area (Å²) in [5.41, 5.74) is 6.71. The van der Waals surface area contributed by atoms with E-state index in [-0.39, 0.29) is 35.8 Å². The molecule has 3 rings (SSSR count). The van der Waals surface area contributed by atoms with Crippen LogP contribution < -0.4 is 15.8 Å². The fourth-order valence-electron chi connectivity index (χ4n) is 3.20. The van der Waals surface area contributed by atoms with Crippen molar-refractivity contribution >= 4 is 23.4 Å². The van der Waals surface area contributed by atoms with E-state index in [0.29, 0.717) is 35.7 Å². The number of nitrogen functional groups attached to an aromatic ring is 1. The van der Waals surface area contributed by atoms with Gasteiger partial charge in [0, 0.05) is 12.8 Å². The van der Waals surface area contributed by atoms with E-state index in [1.165, 1.54) is 0 Å². The quantitative estimate of drug-likeness (QED) is 0.428. The molecule has 2 aromatic rings. The molecule has 3 atom stereocenters. The molecule has 2 aromatic heterocycles. The lowest BCUT2D eigenvalue weighted by Crippen LogP contribution is -2.29. The summed E-state index contributed by atoms with van der Waals surface area (Å²) < 4.78 is 5.69. The third-order valence-corrected chi connectivity index (χ3v) is 4.80. The Kier molecular flexibility index (Phi) is 6.75. The van der Waals surface area contributed by atoms with Gasteiger partial charge in [-0.25, -0.2) is 4.98 Å². The van der Waals surface area contributed by atoms with E-state index in [1.807, 2.05) is 13.8 Å². The molecule has 1 aliphatic rings. The number of halogens is 1. The Labute approximate surface area is 174 Å². The molecular weight excluding hydrogens is 394 g/mol. The van der Waals surface area contributed by atoms with Crippen LogP contribution in [0.1, 0.15) is 37.8 Å². The van der Waals surface area contributed by atoms with E-state index in [4.69, 9.17) is 22.1 Å². The monoisotopic (exact) mass is 417 g/mol. The van der Waals surface area contributed by atoms with Gasteiger partial charge in [-0.1, -0.05) is 23.4 Å². The van der Waals surface area contributed by atoms with E-state index in [1.54, 1.807) is 18.3 Å². The van der Waals surface area contributed by atoms with Crippen LogP contribution in [-0.2, 0) is 0 Å². The number of ether oxygens (including phenoxy) is 1. The van der Waals surface area contributed by atoms with E-state index in [2.05, 4.69) is 32.1 Å². The number of aliphatic hydroxyl groups is 2. The molecule has 0 saturated heterocycles. The topological polar surface area (TPSA) is 126 Å². The molecule has 0 spiro atoms. The van der Waals surface area contributed by atoms with Crippen molar-refractivity contribution in [1.29, 1.82) is 0 Å². The Bertz CT molecular complexity index is 928. The third-order valence-electron chi connectivity index (χ3n) is 4.53. The van der Waals surface area contributed by atoms with Crippen LogP contribution in [0.3, 0.4) is 0 Å². The third kappa shape index (κ3) is 5.26.